The van der Waals surface area contributed by atoms with Crippen molar-refractivity contribution in [2.75, 3.05) is 4.90 Å². The molecule has 1 heterocycles. The predicted molar refractivity (Wildman–Crippen MR) is 71.9 cm³/mol. The van der Waals surface area contributed by atoms with E-state index in [0.29, 0.717) is 12.1 Å². The van der Waals surface area contributed by atoms with Gasteiger partial charge in [0.25, 0.3) is 0 Å². The summed E-state index contributed by atoms with van der Waals surface area (Å²) in [7, 11) is 0. The van der Waals surface area contributed by atoms with Gasteiger partial charge in [-0.05, 0) is 25.5 Å². The second kappa shape index (κ2) is 4.66. The van der Waals surface area contributed by atoms with Crippen LogP contribution in [-0.4, -0.2) is 28.6 Å². The average Bonchev–Trinajstić information content (AvgIpc) is 2.65. The van der Waals surface area contributed by atoms with E-state index in [4.69, 9.17) is 5.73 Å². The highest BCUT2D eigenvalue weighted by molar-refractivity contribution is 6.02. The molecule has 0 aromatic heterocycles. The first-order valence-corrected chi connectivity index (χ1v) is 6.21. The molecule has 1 amide bonds. The molecular weight excluding hydrogens is 244 g/mol. The number of nitrogens with zero attached hydrogens (tertiary/aromatic N) is 1. The summed E-state index contributed by atoms with van der Waals surface area (Å²) in [6, 6.07) is 6.45. The van der Waals surface area contributed by atoms with E-state index in [0.717, 1.165) is 5.56 Å². The van der Waals surface area contributed by atoms with Gasteiger partial charge in [0.2, 0.25) is 5.91 Å². The van der Waals surface area contributed by atoms with Crippen LogP contribution in [0.4, 0.5) is 5.69 Å². The highest BCUT2D eigenvalue weighted by Gasteiger charge is 2.39. The van der Waals surface area contributed by atoms with Gasteiger partial charge in [-0.25, -0.2) is 4.79 Å². The highest BCUT2D eigenvalue weighted by Crippen LogP contribution is 2.33. The molecule has 1 aliphatic heterocycles. The maximum atomic E-state index is 12.3. The summed E-state index contributed by atoms with van der Waals surface area (Å²) < 4.78 is 0. The lowest BCUT2D eigenvalue weighted by Gasteiger charge is -2.26. The standard InChI is InChI=1S/C14H18N2O3/c1-14(2,15)8-12(17)16-10-6-4-3-5-9(10)7-11(16)13(18)19/h3-6,11H,7-8,15H2,1-2H3,(H,18,19). The minimum Gasteiger partial charge on any atom is -0.480 e. The van der Waals surface area contributed by atoms with E-state index in [1.165, 1.54) is 4.90 Å². The number of carboxylic acid groups (broad SMARTS) is 1. The SMILES string of the molecule is CC(C)(N)CC(=O)N1c2ccccc2CC1C(=O)O. The van der Waals surface area contributed by atoms with Crippen molar-refractivity contribution in [3.05, 3.63) is 29.8 Å². The quantitative estimate of drug-likeness (QED) is 0.856. The minimum absolute atomic E-state index is 0.116. The van der Waals surface area contributed by atoms with Gasteiger partial charge in [-0.1, -0.05) is 18.2 Å². The van der Waals surface area contributed by atoms with Crippen LogP contribution in [0.25, 0.3) is 0 Å². The number of nitrogens with two attached hydrogens (primary N) is 1. The minimum atomic E-state index is -0.987. The summed E-state index contributed by atoms with van der Waals surface area (Å²) in [5.74, 6) is -1.23. The zero-order valence-corrected chi connectivity index (χ0v) is 11.1. The van der Waals surface area contributed by atoms with Crippen molar-refractivity contribution in [3.63, 3.8) is 0 Å². The first-order valence-electron chi connectivity index (χ1n) is 6.21. The van der Waals surface area contributed by atoms with Gasteiger partial charge in [0.05, 0.1) is 0 Å². The average molecular weight is 262 g/mol. The molecule has 0 saturated carbocycles. The topological polar surface area (TPSA) is 83.6 Å². The van der Waals surface area contributed by atoms with Gasteiger partial charge >= 0.3 is 5.97 Å². The van der Waals surface area contributed by atoms with Crippen LogP contribution in [0.1, 0.15) is 25.8 Å². The Morgan fingerprint density at radius 1 is 1.42 bits per heavy atom. The number of carboxylic acids is 1. The van der Waals surface area contributed by atoms with Gasteiger partial charge in [0, 0.05) is 24.1 Å². The number of para-hydroxylation sites is 1. The summed E-state index contributed by atoms with van der Waals surface area (Å²) in [6.45, 7) is 3.51. The van der Waals surface area contributed by atoms with E-state index >= 15 is 0 Å². The van der Waals surface area contributed by atoms with Crippen molar-refractivity contribution in [3.8, 4) is 0 Å². The van der Waals surface area contributed by atoms with Crippen molar-refractivity contribution in [2.45, 2.75) is 38.3 Å². The number of carbonyl (C=O) groups is 2. The van der Waals surface area contributed by atoms with Crippen LogP contribution in [0.15, 0.2) is 24.3 Å². The van der Waals surface area contributed by atoms with Crippen LogP contribution in [0, 0.1) is 0 Å². The molecule has 3 N–H and O–H groups in total. The third-order valence-corrected chi connectivity index (χ3v) is 3.14. The van der Waals surface area contributed by atoms with Gasteiger partial charge in [-0.3, -0.25) is 9.69 Å². The van der Waals surface area contributed by atoms with Crippen LogP contribution in [-0.2, 0) is 16.0 Å². The predicted octanol–water partition coefficient (Wildman–Crippen LogP) is 1.16. The van der Waals surface area contributed by atoms with Gasteiger partial charge in [0.1, 0.15) is 6.04 Å². The van der Waals surface area contributed by atoms with E-state index in [1.54, 1.807) is 26.0 Å². The molecule has 0 fully saturated rings. The van der Waals surface area contributed by atoms with E-state index < -0.39 is 17.6 Å². The fourth-order valence-corrected chi connectivity index (χ4v) is 2.37. The van der Waals surface area contributed by atoms with E-state index in [2.05, 4.69) is 0 Å². The molecule has 5 heteroatoms. The van der Waals surface area contributed by atoms with Crippen molar-refractivity contribution in [1.29, 1.82) is 0 Å². The lowest BCUT2D eigenvalue weighted by molar-refractivity contribution is -0.140. The Hall–Kier alpha value is -1.88. The molecule has 0 saturated heterocycles. The van der Waals surface area contributed by atoms with E-state index in [1.807, 2.05) is 12.1 Å². The van der Waals surface area contributed by atoms with Crippen LogP contribution in [0.2, 0.25) is 0 Å². The third-order valence-electron chi connectivity index (χ3n) is 3.14. The molecule has 1 unspecified atom stereocenters. The van der Waals surface area contributed by atoms with Gasteiger partial charge in [-0.2, -0.15) is 0 Å². The Morgan fingerprint density at radius 3 is 2.63 bits per heavy atom. The molecule has 1 atom stereocenters. The second-order valence-electron chi connectivity index (χ2n) is 5.62. The van der Waals surface area contributed by atoms with E-state index in [9.17, 15) is 14.7 Å². The summed E-state index contributed by atoms with van der Waals surface area (Å²) in [5, 5.41) is 9.28. The van der Waals surface area contributed by atoms with Crippen LogP contribution in [0.3, 0.4) is 0 Å². The first kappa shape index (κ1) is 13.5. The van der Waals surface area contributed by atoms with Crippen LogP contribution in [0.5, 0.6) is 0 Å². The number of hydrogen-bond donors (Lipinski definition) is 2. The number of aliphatic carboxylic acids is 1. The molecule has 2 rings (SSSR count). The Kier molecular flexibility index (Phi) is 3.32. The highest BCUT2D eigenvalue weighted by atomic mass is 16.4. The molecule has 19 heavy (non-hydrogen) atoms. The van der Waals surface area contributed by atoms with Crippen molar-refractivity contribution in [1.82, 2.24) is 0 Å². The fourth-order valence-electron chi connectivity index (χ4n) is 2.37. The van der Waals surface area contributed by atoms with Crippen molar-refractivity contribution < 1.29 is 14.7 Å². The number of hydrogen-bond acceptors (Lipinski definition) is 3. The Balaban J connectivity index is 2.34. The maximum absolute atomic E-state index is 12.3. The number of carbonyl (C=O) groups excluding carboxylic acids is 1. The molecular formula is C14H18N2O3. The largest absolute Gasteiger partial charge is 0.480 e. The molecule has 1 aromatic rings. The number of anilines is 1. The van der Waals surface area contributed by atoms with Gasteiger partial charge in [0.15, 0.2) is 0 Å². The summed E-state index contributed by atoms with van der Waals surface area (Å²) >= 11 is 0. The lowest BCUT2D eigenvalue weighted by Crippen LogP contribution is -2.47. The normalized spacial score (nSPS) is 18.3. The second-order valence-corrected chi connectivity index (χ2v) is 5.62. The molecule has 0 bridgehead atoms. The molecule has 5 nitrogen and oxygen atoms in total. The Labute approximate surface area is 112 Å². The summed E-state index contributed by atoms with van der Waals surface area (Å²) in [5.41, 5.74) is 6.77. The fraction of sp³-hybridized carbons (Fsp3) is 0.429. The third kappa shape index (κ3) is 2.76. The summed E-state index contributed by atoms with van der Waals surface area (Å²) in [6.07, 6.45) is 0.466. The number of fused-ring (bicyclic) bond motifs is 1. The molecule has 0 radical (unpaired) electrons. The number of benzene rings is 1. The monoisotopic (exact) mass is 262 g/mol. The molecule has 1 aliphatic rings. The zero-order chi connectivity index (χ0) is 14.2. The molecule has 102 valence electrons. The number of amides is 1. The smallest absolute Gasteiger partial charge is 0.327 e. The van der Waals surface area contributed by atoms with Crippen LogP contribution >= 0.6 is 0 Å². The van der Waals surface area contributed by atoms with Gasteiger partial charge < -0.3 is 10.8 Å². The maximum Gasteiger partial charge on any atom is 0.327 e. The number of rotatable bonds is 3. The zero-order valence-electron chi connectivity index (χ0n) is 11.1. The van der Waals surface area contributed by atoms with Crippen LogP contribution < -0.4 is 10.6 Å². The molecule has 1 aromatic carbocycles. The lowest BCUT2D eigenvalue weighted by atomic mass is 10.0. The van der Waals surface area contributed by atoms with E-state index in [-0.39, 0.29) is 12.3 Å². The van der Waals surface area contributed by atoms with Gasteiger partial charge in [-0.15, -0.1) is 0 Å². The first-order chi connectivity index (χ1) is 8.79. The van der Waals surface area contributed by atoms with Crippen molar-refractivity contribution >= 4 is 17.6 Å². The summed E-state index contributed by atoms with van der Waals surface area (Å²) in [4.78, 5) is 25.0. The Morgan fingerprint density at radius 2 is 2.05 bits per heavy atom. The molecule has 0 aliphatic carbocycles. The molecule has 0 spiro atoms. The van der Waals surface area contributed by atoms with Crippen molar-refractivity contribution in [2.24, 2.45) is 5.73 Å². The Bertz CT molecular complexity index is 520.